The molecule has 3 rings (SSSR count). The van der Waals surface area contributed by atoms with E-state index in [-0.39, 0.29) is 11.7 Å². The van der Waals surface area contributed by atoms with Crippen molar-refractivity contribution < 1.29 is 9.21 Å². The number of amides is 1. The number of anilines is 1. The van der Waals surface area contributed by atoms with Gasteiger partial charge in [-0.3, -0.25) is 4.79 Å². The molecule has 0 atom stereocenters. The number of aromatic nitrogens is 2. The standard InChI is InChI=1S/C21H22N4O2S/c1-13-15(3)25(11-17-8-6-5-7-9-17)20(18(13)10-22)24-19(26)12-28-21-23-14(2)16(4)27-21/h5-9H,11-12H2,1-4H3,(H,24,26). The minimum atomic E-state index is -0.207. The van der Waals surface area contributed by atoms with Crippen LogP contribution in [0.4, 0.5) is 5.82 Å². The molecule has 28 heavy (non-hydrogen) atoms. The van der Waals surface area contributed by atoms with Crippen LogP contribution in [0.1, 0.15) is 33.8 Å². The van der Waals surface area contributed by atoms with Gasteiger partial charge in [-0.25, -0.2) is 4.98 Å². The normalized spacial score (nSPS) is 10.7. The molecule has 2 heterocycles. The van der Waals surface area contributed by atoms with Gasteiger partial charge in [-0.05, 0) is 38.8 Å². The van der Waals surface area contributed by atoms with Gasteiger partial charge in [-0.1, -0.05) is 42.1 Å². The van der Waals surface area contributed by atoms with Crippen LogP contribution in [-0.4, -0.2) is 21.2 Å². The highest BCUT2D eigenvalue weighted by molar-refractivity contribution is 7.99. The van der Waals surface area contributed by atoms with E-state index < -0.39 is 0 Å². The Morgan fingerprint density at radius 1 is 1.25 bits per heavy atom. The molecule has 0 spiro atoms. The zero-order valence-corrected chi connectivity index (χ0v) is 17.2. The Labute approximate surface area is 168 Å². The van der Waals surface area contributed by atoms with Crippen molar-refractivity contribution in [3.8, 4) is 6.07 Å². The van der Waals surface area contributed by atoms with Crippen molar-refractivity contribution >= 4 is 23.5 Å². The fourth-order valence-electron chi connectivity index (χ4n) is 2.89. The number of rotatable bonds is 6. The largest absolute Gasteiger partial charge is 0.437 e. The maximum atomic E-state index is 12.5. The topological polar surface area (TPSA) is 83.9 Å². The Morgan fingerprint density at radius 2 is 1.96 bits per heavy atom. The highest BCUT2D eigenvalue weighted by Gasteiger charge is 2.20. The van der Waals surface area contributed by atoms with Gasteiger partial charge in [-0.15, -0.1) is 0 Å². The number of hydrogen-bond acceptors (Lipinski definition) is 5. The molecule has 1 amide bonds. The van der Waals surface area contributed by atoms with Crippen molar-refractivity contribution in [1.29, 1.82) is 5.26 Å². The van der Waals surface area contributed by atoms with Crippen LogP contribution in [0.5, 0.6) is 0 Å². The van der Waals surface area contributed by atoms with E-state index in [1.54, 1.807) is 0 Å². The SMILES string of the molecule is Cc1nc(SCC(=O)Nc2c(C#N)c(C)c(C)n2Cc2ccccc2)oc1C. The van der Waals surface area contributed by atoms with Crippen molar-refractivity contribution in [2.45, 2.75) is 39.5 Å². The average molecular weight is 395 g/mol. The molecule has 0 fully saturated rings. The van der Waals surface area contributed by atoms with Crippen molar-refractivity contribution in [2.75, 3.05) is 11.1 Å². The predicted molar refractivity (Wildman–Crippen MR) is 109 cm³/mol. The van der Waals surface area contributed by atoms with Crippen LogP contribution in [0.15, 0.2) is 40.0 Å². The molecule has 6 nitrogen and oxygen atoms in total. The van der Waals surface area contributed by atoms with Gasteiger partial charge in [0.15, 0.2) is 0 Å². The van der Waals surface area contributed by atoms with Crippen molar-refractivity contribution in [3.63, 3.8) is 0 Å². The van der Waals surface area contributed by atoms with Gasteiger partial charge in [0.2, 0.25) is 5.91 Å². The van der Waals surface area contributed by atoms with E-state index in [9.17, 15) is 10.1 Å². The Hall–Kier alpha value is -2.98. The first kappa shape index (κ1) is 19.8. The molecule has 0 saturated carbocycles. The van der Waals surface area contributed by atoms with Crippen LogP contribution in [-0.2, 0) is 11.3 Å². The van der Waals surface area contributed by atoms with Gasteiger partial charge in [-0.2, -0.15) is 5.26 Å². The van der Waals surface area contributed by atoms with E-state index in [0.29, 0.717) is 23.1 Å². The smallest absolute Gasteiger partial charge is 0.256 e. The molecule has 2 aromatic heterocycles. The lowest BCUT2D eigenvalue weighted by atomic mass is 10.2. The van der Waals surface area contributed by atoms with Gasteiger partial charge in [0.05, 0.1) is 17.0 Å². The molecule has 0 radical (unpaired) electrons. The molecular formula is C21H22N4O2S. The molecule has 3 aromatic rings. The third kappa shape index (κ3) is 4.12. The summed E-state index contributed by atoms with van der Waals surface area (Å²) in [5.41, 5.74) is 4.25. The molecular weight excluding hydrogens is 372 g/mol. The number of carbonyl (C=O) groups is 1. The zero-order chi connectivity index (χ0) is 20.3. The summed E-state index contributed by atoms with van der Waals surface area (Å²) in [4.78, 5) is 16.8. The van der Waals surface area contributed by atoms with Crippen molar-refractivity contribution in [1.82, 2.24) is 9.55 Å². The molecule has 144 valence electrons. The number of benzene rings is 1. The minimum Gasteiger partial charge on any atom is -0.437 e. The zero-order valence-electron chi connectivity index (χ0n) is 16.4. The summed E-state index contributed by atoms with van der Waals surface area (Å²) in [6, 6.07) is 12.2. The van der Waals surface area contributed by atoms with Gasteiger partial charge >= 0.3 is 0 Å². The van der Waals surface area contributed by atoms with Crippen LogP contribution in [0.25, 0.3) is 0 Å². The summed E-state index contributed by atoms with van der Waals surface area (Å²) in [6.07, 6.45) is 0. The van der Waals surface area contributed by atoms with E-state index in [0.717, 1.165) is 28.3 Å². The molecule has 0 aliphatic carbocycles. The van der Waals surface area contributed by atoms with Crippen LogP contribution < -0.4 is 5.32 Å². The van der Waals surface area contributed by atoms with E-state index in [1.165, 1.54) is 11.8 Å². The Bertz CT molecular complexity index is 1030. The second-order valence-electron chi connectivity index (χ2n) is 6.58. The van der Waals surface area contributed by atoms with Crippen molar-refractivity contribution in [3.05, 3.63) is 64.2 Å². The van der Waals surface area contributed by atoms with Crippen molar-refractivity contribution in [2.24, 2.45) is 0 Å². The number of nitrogens with one attached hydrogen (secondary N) is 1. The summed E-state index contributed by atoms with van der Waals surface area (Å²) in [7, 11) is 0. The van der Waals surface area contributed by atoms with Gasteiger partial charge in [0.1, 0.15) is 17.6 Å². The summed E-state index contributed by atoms with van der Waals surface area (Å²) in [5, 5.41) is 13.0. The highest BCUT2D eigenvalue weighted by atomic mass is 32.2. The summed E-state index contributed by atoms with van der Waals surface area (Å²) in [6.45, 7) is 8.15. The summed E-state index contributed by atoms with van der Waals surface area (Å²) < 4.78 is 7.48. The van der Waals surface area contributed by atoms with Gasteiger partial charge in [0.25, 0.3) is 5.22 Å². The van der Waals surface area contributed by atoms with E-state index in [4.69, 9.17) is 4.42 Å². The number of thioether (sulfide) groups is 1. The fourth-order valence-corrected chi connectivity index (χ4v) is 3.61. The number of oxazole rings is 1. The molecule has 0 unspecified atom stereocenters. The lowest BCUT2D eigenvalue weighted by Gasteiger charge is -2.13. The highest BCUT2D eigenvalue weighted by Crippen LogP contribution is 2.28. The van der Waals surface area contributed by atoms with Crippen LogP contribution in [0.3, 0.4) is 0 Å². The van der Waals surface area contributed by atoms with E-state index in [2.05, 4.69) is 16.4 Å². The molecule has 1 aromatic carbocycles. The average Bonchev–Trinajstić information content (AvgIpc) is 3.12. The monoisotopic (exact) mass is 394 g/mol. The second kappa shape index (κ2) is 8.36. The van der Waals surface area contributed by atoms with Crippen LogP contribution >= 0.6 is 11.8 Å². The van der Waals surface area contributed by atoms with E-state index >= 15 is 0 Å². The number of carbonyl (C=O) groups excluding carboxylic acids is 1. The van der Waals surface area contributed by atoms with Gasteiger partial charge < -0.3 is 14.3 Å². The number of nitrogens with zero attached hydrogens (tertiary/aromatic N) is 3. The summed E-state index contributed by atoms with van der Waals surface area (Å²) >= 11 is 1.24. The summed E-state index contributed by atoms with van der Waals surface area (Å²) in [5.74, 6) is 1.23. The first-order valence-electron chi connectivity index (χ1n) is 8.91. The fraction of sp³-hybridized carbons (Fsp3) is 0.286. The maximum absolute atomic E-state index is 12.5. The quantitative estimate of drug-likeness (QED) is 0.628. The van der Waals surface area contributed by atoms with E-state index in [1.807, 2.05) is 62.6 Å². The lowest BCUT2D eigenvalue weighted by molar-refractivity contribution is -0.113. The number of nitriles is 1. The minimum absolute atomic E-state index is 0.152. The van der Waals surface area contributed by atoms with Gasteiger partial charge in [0, 0.05) is 12.2 Å². The predicted octanol–water partition coefficient (Wildman–Crippen LogP) is 4.36. The maximum Gasteiger partial charge on any atom is 0.256 e. The third-order valence-corrected chi connectivity index (χ3v) is 5.55. The Balaban J connectivity index is 1.80. The first-order valence-corrected chi connectivity index (χ1v) is 9.89. The molecule has 1 N–H and O–H groups in total. The molecule has 0 aliphatic heterocycles. The molecule has 0 saturated heterocycles. The third-order valence-electron chi connectivity index (χ3n) is 4.72. The molecule has 7 heteroatoms. The Morgan fingerprint density at radius 3 is 2.57 bits per heavy atom. The second-order valence-corrected chi connectivity index (χ2v) is 7.50. The number of aryl methyl sites for hydroxylation is 2. The molecule has 0 bridgehead atoms. The molecule has 0 aliphatic rings. The lowest BCUT2D eigenvalue weighted by Crippen LogP contribution is -2.18. The number of hydrogen-bond donors (Lipinski definition) is 1. The van der Waals surface area contributed by atoms with Crippen LogP contribution in [0, 0.1) is 39.0 Å². The Kier molecular flexibility index (Phi) is 5.90. The van der Waals surface area contributed by atoms with Crippen LogP contribution in [0.2, 0.25) is 0 Å². The first-order chi connectivity index (χ1) is 13.4.